The van der Waals surface area contributed by atoms with Crippen LogP contribution in [-0.2, 0) is 17.1 Å². The van der Waals surface area contributed by atoms with Gasteiger partial charge in [-0.15, -0.1) is 0 Å². The first-order valence-corrected chi connectivity index (χ1v) is 13.4. The SMILES string of the molecule is Cc1c(F)ccc([C@H]2C[C@@]3(CCC(C(=O)O)N3)CCN2C(=O)N(C)[C@H](C)c2cc(C(F)(F)F)cc(C(F)(F)F)c2)c1C. The minimum atomic E-state index is -5.04. The summed E-state index contributed by atoms with van der Waals surface area (Å²) in [7, 11) is 1.30. The highest BCUT2D eigenvalue weighted by Crippen LogP contribution is 2.45. The van der Waals surface area contributed by atoms with Gasteiger partial charge in [0.25, 0.3) is 0 Å². The number of hydrogen-bond acceptors (Lipinski definition) is 3. The van der Waals surface area contributed by atoms with Gasteiger partial charge in [0.15, 0.2) is 0 Å². The van der Waals surface area contributed by atoms with Gasteiger partial charge in [0.2, 0.25) is 0 Å². The van der Waals surface area contributed by atoms with Crippen molar-refractivity contribution in [3.8, 4) is 0 Å². The maximum atomic E-state index is 14.3. The van der Waals surface area contributed by atoms with E-state index in [1.807, 2.05) is 0 Å². The van der Waals surface area contributed by atoms with Crippen LogP contribution in [0.2, 0.25) is 0 Å². The number of likely N-dealkylation sites (tertiary alicyclic amines) is 1. The molecule has 2 aromatic rings. The lowest BCUT2D eigenvalue weighted by molar-refractivity contribution is -0.143. The van der Waals surface area contributed by atoms with Crippen molar-refractivity contribution in [2.75, 3.05) is 13.6 Å². The maximum Gasteiger partial charge on any atom is 0.416 e. The average Bonchev–Trinajstić information content (AvgIpc) is 3.33. The normalized spacial score (nSPS) is 23.7. The van der Waals surface area contributed by atoms with E-state index in [9.17, 15) is 45.4 Å². The van der Waals surface area contributed by atoms with Gasteiger partial charge >= 0.3 is 24.4 Å². The number of nitrogens with one attached hydrogen (secondary N) is 1. The van der Waals surface area contributed by atoms with E-state index in [4.69, 9.17) is 0 Å². The second-order valence-electron chi connectivity index (χ2n) is 11.3. The fourth-order valence-corrected chi connectivity index (χ4v) is 6.04. The van der Waals surface area contributed by atoms with Crippen LogP contribution in [0, 0.1) is 19.7 Å². The fourth-order valence-electron chi connectivity index (χ4n) is 6.04. The van der Waals surface area contributed by atoms with Gasteiger partial charge in [0.1, 0.15) is 11.9 Å². The third-order valence-corrected chi connectivity index (χ3v) is 8.82. The molecule has 4 rings (SSSR count). The number of carboxylic acids is 1. The summed E-state index contributed by atoms with van der Waals surface area (Å²) in [6.45, 7) is 4.77. The summed E-state index contributed by atoms with van der Waals surface area (Å²) < 4.78 is 95.3. The Kier molecular flexibility index (Phi) is 8.31. The van der Waals surface area contributed by atoms with Crippen LogP contribution in [-0.4, -0.2) is 52.1 Å². The summed E-state index contributed by atoms with van der Waals surface area (Å²) in [5, 5.41) is 12.7. The summed E-state index contributed by atoms with van der Waals surface area (Å²) in [5.41, 5.74) is -2.33. The third-order valence-electron chi connectivity index (χ3n) is 8.82. The molecule has 1 spiro atoms. The predicted octanol–water partition coefficient (Wildman–Crippen LogP) is 7.01. The van der Waals surface area contributed by atoms with E-state index in [-0.39, 0.29) is 18.2 Å². The molecule has 0 radical (unpaired) electrons. The number of alkyl halides is 6. The van der Waals surface area contributed by atoms with E-state index < -0.39 is 65.0 Å². The van der Waals surface area contributed by atoms with Crippen LogP contribution < -0.4 is 5.32 Å². The molecule has 1 unspecified atom stereocenters. The molecule has 2 aliphatic rings. The van der Waals surface area contributed by atoms with Crippen molar-refractivity contribution >= 4 is 12.0 Å². The minimum Gasteiger partial charge on any atom is -0.480 e. The standard InChI is InChI=1S/C29H32F7N3O3/c1-15-16(2)22(30)6-5-21(15)24-14-27(8-7-23(37-27)25(40)41)9-10-39(24)26(42)38(4)17(3)18-11-19(28(31,32)33)13-20(12-18)29(34,35)36/h5-6,11-13,17,23-24,37H,7-10,14H2,1-4H3,(H,40,41)/t17-,23?,24-,27-/m1/s1. The number of piperidine rings is 1. The van der Waals surface area contributed by atoms with Crippen LogP contribution in [0.15, 0.2) is 30.3 Å². The largest absolute Gasteiger partial charge is 0.480 e. The molecule has 4 atom stereocenters. The number of carbonyl (C=O) groups excluding carboxylic acids is 1. The molecule has 0 saturated carbocycles. The van der Waals surface area contributed by atoms with Crippen molar-refractivity contribution in [1.29, 1.82) is 0 Å². The van der Waals surface area contributed by atoms with Crippen molar-refractivity contribution < 1.29 is 45.4 Å². The molecule has 42 heavy (non-hydrogen) atoms. The lowest BCUT2D eigenvalue weighted by Crippen LogP contribution is -2.56. The Balaban J connectivity index is 1.70. The molecule has 2 aromatic carbocycles. The molecule has 6 nitrogen and oxygen atoms in total. The van der Waals surface area contributed by atoms with Gasteiger partial charge in [0, 0.05) is 19.1 Å². The number of amides is 2. The Morgan fingerprint density at radius 2 is 1.62 bits per heavy atom. The Morgan fingerprint density at radius 1 is 1.02 bits per heavy atom. The number of urea groups is 1. The molecule has 230 valence electrons. The van der Waals surface area contributed by atoms with E-state index in [1.54, 1.807) is 19.9 Å². The van der Waals surface area contributed by atoms with Gasteiger partial charge in [0.05, 0.1) is 23.2 Å². The zero-order valence-electron chi connectivity index (χ0n) is 23.5. The molecule has 0 bridgehead atoms. The van der Waals surface area contributed by atoms with E-state index in [2.05, 4.69) is 5.32 Å². The van der Waals surface area contributed by atoms with Crippen molar-refractivity contribution in [3.63, 3.8) is 0 Å². The molecule has 0 aromatic heterocycles. The zero-order valence-corrected chi connectivity index (χ0v) is 23.5. The summed E-state index contributed by atoms with van der Waals surface area (Å²) in [5.74, 6) is -1.44. The van der Waals surface area contributed by atoms with Crippen molar-refractivity contribution in [1.82, 2.24) is 15.1 Å². The highest BCUT2D eigenvalue weighted by atomic mass is 19.4. The molecule has 2 aliphatic heterocycles. The second-order valence-corrected chi connectivity index (χ2v) is 11.3. The van der Waals surface area contributed by atoms with Crippen LogP contribution in [0.3, 0.4) is 0 Å². The Hall–Kier alpha value is -3.35. The monoisotopic (exact) mass is 603 g/mol. The highest BCUT2D eigenvalue weighted by Gasteiger charge is 2.48. The maximum absolute atomic E-state index is 14.3. The Bertz CT molecular complexity index is 1350. The predicted molar refractivity (Wildman–Crippen MR) is 139 cm³/mol. The number of benzene rings is 2. The number of aliphatic carboxylic acids is 1. The number of carboxylic acid groups (broad SMARTS) is 1. The van der Waals surface area contributed by atoms with Crippen LogP contribution in [0.5, 0.6) is 0 Å². The van der Waals surface area contributed by atoms with E-state index in [0.717, 1.165) is 4.90 Å². The molecule has 2 fully saturated rings. The van der Waals surface area contributed by atoms with Crippen molar-refractivity contribution in [3.05, 3.63) is 69.5 Å². The van der Waals surface area contributed by atoms with Crippen LogP contribution in [0.1, 0.15) is 78.1 Å². The number of carbonyl (C=O) groups is 2. The molecule has 0 aliphatic carbocycles. The molecule has 2 N–H and O–H groups in total. The Labute approximate surface area is 238 Å². The highest BCUT2D eigenvalue weighted by molar-refractivity contribution is 5.76. The summed E-state index contributed by atoms with van der Waals surface area (Å²) in [4.78, 5) is 28.1. The summed E-state index contributed by atoms with van der Waals surface area (Å²) in [6, 6.07) is 0.841. The second kappa shape index (κ2) is 11.1. The quantitative estimate of drug-likeness (QED) is 0.369. The van der Waals surface area contributed by atoms with E-state index in [1.165, 1.54) is 24.9 Å². The fraction of sp³-hybridized carbons (Fsp3) is 0.517. The Morgan fingerprint density at radius 3 is 2.14 bits per heavy atom. The minimum absolute atomic E-state index is 0.0385. The van der Waals surface area contributed by atoms with Gasteiger partial charge in [-0.05, 0) is 93.0 Å². The lowest BCUT2D eigenvalue weighted by Gasteiger charge is -2.47. The summed E-state index contributed by atoms with van der Waals surface area (Å²) >= 11 is 0. The number of rotatable bonds is 4. The lowest BCUT2D eigenvalue weighted by atomic mass is 9.78. The van der Waals surface area contributed by atoms with Crippen LogP contribution in [0.4, 0.5) is 35.5 Å². The van der Waals surface area contributed by atoms with Gasteiger partial charge < -0.3 is 14.9 Å². The molecule has 2 amide bonds. The first-order valence-electron chi connectivity index (χ1n) is 13.4. The molecule has 2 saturated heterocycles. The number of nitrogens with zero attached hydrogens (tertiary/aromatic N) is 2. The molecular formula is C29H32F7N3O3. The van der Waals surface area contributed by atoms with Gasteiger partial charge in [-0.1, -0.05) is 6.07 Å². The average molecular weight is 604 g/mol. The van der Waals surface area contributed by atoms with Gasteiger partial charge in [-0.25, -0.2) is 9.18 Å². The van der Waals surface area contributed by atoms with Crippen LogP contribution >= 0.6 is 0 Å². The smallest absolute Gasteiger partial charge is 0.416 e. The zero-order chi connectivity index (χ0) is 31.4. The van der Waals surface area contributed by atoms with Crippen molar-refractivity contribution in [2.45, 2.75) is 82.5 Å². The molecule has 2 heterocycles. The first kappa shape index (κ1) is 31.6. The molecule has 13 heteroatoms. The topological polar surface area (TPSA) is 72.9 Å². The van der Waals surface area contributed by atoms with Crippen LogP contribution in [0.25, 0.3) is 0 Å². The van der Waals surface area contributed by atoms with Crippen molar-refractivity contribution in [2.24, 2.45) is 0 Å². The first-order chi connectivity index (χ1) is 19.3. The van der Waals surface area contributed by atoms with Gasteiger partial charge in [-0.3, -0.25) is 10.1 Å². The van der Waals surface area contributed by atoms with E-state index in [0.29, 0.717) is 54.5 Å². The van der Waals surface area contributed by atoms with Gasteiger partial charge in [-0.2, -0.15) is 26.3 Å². The number of hydrogen-bond donors (Lipinski definition) is 2. The number of halogens is 7. The van der Waals surface area contributed by atoms with E-state index >= 15 is 0 Å². The third kappa shape index (κ3) is 6.06. The molecular weight excluding hydrogens is 571 g/mol. The summed E-state index contributed by atoms with van der Waals surface area (Å²) in [6.07, 6.45) is -8.50.